The van der Waals surface area contributed by atoms with Gasteiger partial charge in [0.05, 0.1) is 11.4 Å². The van der Waals surface area contributed by atoms with Crippen molar-refractivity contribution in [3.8, 4) is 0 Å². The molecule has 0 saturated heterocycles. The van der Waals surface area contributed by atoms with Crippen LogP contribution in [0.5, 0.6) is 0 Å². The van der Waals surface area contributed by atoms with Gasteiger partial charge in [-0.3, -0.25) is 13.9 Å². The van der Waals surface area contributed by atoms with E-state index in [-0.39, 0.29) is 11.7 Å². The van der Waals surface area contributed by atoms with Crippen LogP contribution in [0, 0.1) is 0 Å². The second-order valence-electron chi connectivity index (χ2n) is 5.31. The van der Waals surface area contributed by atoms with Gasteiger partial charge in [-0.25, -0.2) is 8.42 Å². The van der Waals surface area contributed by atoms with Crippen molar-refractivity contribution < 1.29 is 18.0 Å². The Hall–Kier alpha value is -2.87. The summed E-state index contributed by atoms with van der Waals surface area (Å²) in [4.78, 5) is 23.4. The number of nitrogens with two attached hydrogens (primary N) is 1. The van der Waals surface area contributed by atoms with Gasteiger partial charge in [-0.05, 0) is 49.4 Å². The summed E-state index contributed by atoms with van der Waals surface area (Å²) in [6, 6.07) is 12.5. The Morgan fingerprint density at radius 3 is 2.28 bits per heavy atom. The zero-order valence-corrected chi connectivity index (χ0v) is 14.7. The summed E-state index contributed by atoms with van der Waals surface area (Å²) in [5.41, 5.74) is 6.77. The van der Waals surface area contributed by atoms with E-state index in [4.69, 9.17) is 5.73 Å². The molecular weight excluding hydrogens is 342 g/mol. The zero-order chi connectivity index (χ0) is 18.6. The fourth-order valence-electron chi connectivity index (χ4n) is 2.13. The lowest BCUT2D eigenvalue weighted by molar-refractivity contribution is 0.0996. The smallest absolute Gasteiger partial charge is 0.255 e. The van der Waals surface area contributed by atoms with Crippen molar-refractivity contribution in [2.45, 2.75) is 6.92 Å². The van der Waals surface area contributed by atoms with E-state index in [9.17, 15) is 18.0 Å². The highest BCUT2D eigenvalue weighted by molar-refractivity contribution is 7.92. The minimum atomic E-state index is -3.36. The third-order valence-corrected chi connectivity index (χ3v) is 5.46. The number of rotatable bonds is 6. The first-order valence-electron chi connectivity index (χ1n) is 7.52. The van der Waals surface area contributed by atoms with E-state index in [1.807, 2.05) is 0 Å². The standard InChI is InChI=1S/C17H19N3O4S/c1-3-25(23,24)20(2)15-9-7-12(8-10-15)17(22)19-14-6-4-5-13(11-14)16(18)21/h4-11H,3H2,1-2H3,(H2,18,21)(H,19,22). The van der Waals surface area contributed by atoms with Crippen molar-refractivity contribution in [3.63, 3.8) is 0 Å². The molecule has 0 radical (unpaired) electrons. The van der Waals surface area contributed by atoms with Gasteiger partial charge in [0, 0.05) is 23.9 Å². The molecule has 0 saturated carbocycles. The van der Waals surface area contributed by atoms with Crippen LogP contribution in [0.2, 0.25) is 0 Å². The van der Waals surface area contributed by atoms with Gasteiger partial charge in [0.25, 0.3) is 5.91 Å². The molecule has 0 fully saturated rings. The summed E-state index contributed by atoms with van der Waals surface area (Å²) in [5.74, 6) is -0.975. The number of carbonyl (C=O) groups is 2. The van der Waals surface area contributed by atoms with E-state index in [1.54, 1.807) is 37.3 Å². The molecule has 2 aromatic carbocycles. The maximum atomic E-state index is 12.3. The third-order valence-electron chi connectivity index (χ3n) is 3.68. The number of primary amides is 1. The zero-order valence-electron chi connectivity index (χ0n) is 13.9. The van der Waals surface area contributed by atoms with E-state index in [2.05, 4.69) is 5.32 Å². The molecule has 0 unspecified atom stereocenters. The number of sulfonamides is 1. The molecule has 3 N–H and O–H groups in total. The lowest BCUT2D eigenvalue weighted by Crippen LogP contribution is -2.28. The van der Waals surface area contributed by atoms with Crippen molar-refractivity contribution in [1.82, 2.24) is 0 Å². The molecule has 0 bridgehead atoms. The van der Waals surface area contributed by atoms with Crippen LogP contribution in [0.3, 0.4) is 0 Å². The Morgan fingerprint density at radius 1 is 1.08 bits per heavy atom. The van der Waals surface area contributed by atoms with E-state index in [0.29, 0.717) is 22.5 Å². The molecule has 8 heteroatoms. The number of nitrogens with zero attached hydrogens (tertiary/aromatic N) is 1. The highest BCUT2D eigenvalue weighted by Gasteiger charge is 2.16. The highest BCUT2D eigenvalue weighted by atomic mass is 32.2. The fourth-order valence-corrected chi connectivity index (χ4v) is 2.96. The Bertz CT molecular complexity index is 892. The minimum Gasteiger partial charge on any atom is -0.366 e. The highest BCUT2D eigenvalue weighted by Crippen LogP contribution is 2.18. The SMILES string of the molecule is CCS(=O)(=O)N(C)c1ccc(C(=O)Nc2cccc(C(N)=O)c2)cc1. The molecule has 0 aliphatic rings. The monoisotopic (exact) mass is 361 g/mol. The van der Waals surface area contributed by atoms with Gasteiger partial charge in [-0.2, -0.15) is 0 Å². The van der Waals surface area contributed by atoms with Crippen LogP contribution in [-0.2, 0) is 10.0 Å². The van der Waals surface area contributed by atoms with Crippen LogP contribution in [0.25, 0.3) is 0 Å². The molecule has 0 aliphatic heterocycles. The first-order chi connectivity index (χ1) is 11.7. The minimum absolute atomic E-state index is 0.0120. The fraction of sp³-hybridized carbons (Fsp3) is 0.176. The quantitative estimate of drug-likeness (QED) is 0.818. The topological polar surface area (TPSA) is 110 Å². The number of nitrogens with one attached hydrogen (secondary N) is 1. The number of hydrogen-bond donors (Lipinski definition) is 2. The maximum Gasteiger partial charge on any atom is 0.255 e. The number of benzene rings is 2. The van der Waals surface area contributed by atoms with Gasteiger partial charge >= 0.3 is 0 Å². The van der Waals surface area contributed by atoms with Gasteiger partial charge in [-0.15, -0.1) is 0 Å². The van der Waals surface area contributed by atoms with Gasteiger partial charge in [-0.1, -0.05) is 6.07 Å². The Morgan fingerprint density at radius 2 is 1.72 bits per heavy atom. The maximum absolute atomic E-state index is 12.3. The van der Waals surface area contributed by atoms with Crippen LogP contribution in [-0.4, -0.2) is 33.0 Å². The van der Waals surface area contributed by atoms with Crippen molar-refractivity contribution in [2.75, 3.05) is 22.4 Å². The van der Waals surface area contributed by atoms with E-state index in [1.165, 1.54) is 29.6 Å². The number of amides is 2. The van der Waals surface area contributed by atoms with Crippen LogP contribution in [0.1, 0.15) is 27.6 Å². The molecule has 2 amide bonds. The summed E-state index contributed by atoms with van der Waals surface area (Å²) in [6.07, 6.45) is 0. The lowest BCUT2D eigenvalue weighted by atomic mass is 10.1. The summed E-state index contributed by atoms with van der Waals surface area (Å²) in [6.45, 7) is 1.56. The molecule has 132 valence electrons. The molecule has 0 heterocycles. The molecule has 7 nitrogen and oxygen atoms in total. The van der Waals surface area contributed by atoms with Crippen molar-refractivity contribution >= 4 is 33.2 Å². The molecule has 25 heavy (non-hydrogen) atoms. The average Bonchev–Trinajstić information content (AvgIpc) is 2.61. The summed E-state index contributed by atoms with van der Waals surface area (Å²) >= 11 is 0. The van der Waals surface area contributed by atoms with Crippen molar-refractivity contribution in [1.29, 1.82) is 0 Å². The third kappa shape index (κ3) is 4.36. The average molecular weight is 361 g/mol. The number of hydrogen-bond acceptors (Lipinski definition) is 4. The molecule has 0 spiro atoms. The summed E-state index contributed by atoms with van der Waals surface area (Å²) < 4.78 is 24.9. The first-order valence-corrected chi connectivity index (χ1v) is 9.13. The molecule has 2 aromatic rings. The number of anilines is 2. The Kier molecular flexibility index (Phi) is 5.43. The van der Waals surface area contributed by atoms with E-state index in [0.717, 1.165) is 0 Å². The van der Waals surface area contributed by atoms with E-state index < -0.39 is 15.9 Å². The Balaban J connectivity index is 2.16. The molecule has 2 rings (SSSR count). The van der Waals surface area contributed by atoms with Gasteiger partial charge < -0.3 is 11.1 Å². The first kappa shape index (κ1) is 18.5. The van der Waals surface area contributed by atoms with Gasteiger partial charge in [0.2, 0.25) is 15.9 Å². The molecule has 0 atom stereocenters. The predicted octanol–water partition coefficient (Wildman–Crippen LogP) is 1.82. The largest absolute Gasteiger partial charge is 0.366 e. The van der Waals surface area contributed by atoms with E-state index >= 15 is 0 Å². The predicted molar refractivity (Wildman–Crippen MR) is 97.2 cm³/mol. The summed E-state index contributed by atoms with van der Waals surface area (Å²) in [5, 5.41) is 2.67. The number of carbonyl (C=O) groups excluding carboxylic acids is 2. The lowest BCUT2D eigenvalue weighted by Gasteiger charge is -2.18. The molecular formula is C17H19N3O4S. The van der Waals surface area contributed by atoms with Crippen LogP contribution < -0.4 is 15.4 Å². The molecule has 0 aliphatic carbocycles. The normalized spacial score (nSPS) is 11.0. The van der Waals surface area contributed by atoms with Gasteiger partial charge in [0.15, 0.2) is 0 Å². The molecule has 0 aromatic heterocycles. The second-order valence-corrected chi connectivity index (χ2v) is 7.60. The van der Waals surface area contributed by atoms with Crippen molar-refractivity contribution in [3.05, 3.63) is 59.7 Å². The van der Waals surface area contributed by atoms with Crippen LogP contribution in [0.4, 0.5) is 11.4 Å². The van der Waals surface area contributed by atoms with Crippen LogP contribution >= 0.6 is 0 Å². The second kappa shape index (κ2) is 7.35. The summed E-state index contributed by atoms with van der Waals surface area (Å²) in [7, 11) is -1.90. The van der Waals surface area contributed by atoms with Gasteiger partial charge in [0.1, 0.15) is 0 Å². The van der Waals surface area contributed by atoms with Crippen LogP contribution in [0.15, 0.2) is 48.5 Å². The Labute approximate surface area is 146 Å². The van der Waals surface area contributed by atoms with Crippen molar-refractivity contribution in [2.24, 2.45) is 5.73 Å².